The van der Waals surface area contributed by atoms with E-state index < -0.39 is 23.8 Å². The average Bonchev–Trinajstić information content (AvgIpc) is 2.95. The number of hydrogen-bond donors (Lipinski definition) is 2. The maximum absolute atomic E-state index is 12.9. The number of amides is 1. The Labute approximate surface area is 149 Å². The van der Waals surface area contributed by atoms with Gasteiger partial charge in [0.05, 0.1) is 24.0 Å². The van der Waals surface area contributed by atoms with Gasteiger partial charge in [0.25, 0.3) is 0 Å². The molecule has 1 heterocycles. The van der Waals surface area contributed by atoms with E-state index in [0.717, 1.165) is 17.7 Å². The lowest BCUT2D eigenvalue weighted by atomic mass is 9.62. The molecule has 1 fully saturated rings. The van der Waals surface area contributed by atoms with Gasteiger partial charge in [0, 0.05) is 4.88 Å². The van der Waals surface area contributed by atoms with Gasteiger partial charge in [-0.2, -0.15) is 0 Å². The number of anilines is 1. The highest BCUT2D eigenvalue weighted by Gasteiger charge is 2.48. The van der Waals surface area contributed by atoms with Crippen molar-refractivity contribution in [1.82, 2.24) is 0 Å². The zero-order chi connectivity index (χ0) is 18.1. The Hall–Kier alpha value is -2.15. The number of aryl methyl sites for hydroxylation is 1. The molecule has 0 aliphatic heterocycles. The topological polar surface area (TPSA) is 92.7 Å². The summed E-state index contributed by atoms with van der Waals surface area (Å²) in [5, 5.41) is 12.8. The Bertz CT molecular complexity index is 738. The minimum absolute atomic E-state index is 0.0711. The van der Waals surface area contributed by atoms with Crippen LogP contribution in [0.5, 0.6) is 0 Å². The van der Waals surface area contributed by atoms with Crippen LogP contribution in [0.2, 0.25) is 0 Å². The van der Waals surface area contributed by atoms with Crippen LogP contribution in [0.25, 0.3) is 0 Å². The van der Waals surface area contributed by atoms with Crippen LogP contribution in [-0.2, 0) is 14.3 Å². The molecule has 25 heavy (non-hydrogen) atoms. The van der Waals surface area contributed by atoms with Crippen LogP contribution in [0.1, 0.15) is 35.0 Å². The fourth-order valence-electron chi connectivity index (χ4n) is 3.85. The van der Waals surface area contributed by atoms with Gasteiger partial charge in [0.1, 0.15) is 5.00 Å². The van der Waals surface area contributed by atoms with Crippen LogP contribution >= 0.6 is 11.3 Å². The Balaban J connectivity index is 1.84. The standard InChI is InChI=1S/C18H21NO5S/c1-3-24-18(23)12-8-9(2)25-16(12)19-15(20)13-10-4-6-11(7-5-10)14(13)17(21)22/h4,6,8,10-11,13-14H,3,5,7H2,1-2H3,(H,19,20)(H,21,22)/t10-,11-,13-,14-/m0/s1. The first kappa shape index (κ1) is 17.7. The van der Waals surface area contributed by atoms with Crippen molar-refractivity contribution in [3.05, 3.63) is 28.7 Å². The number of carbonyl (C=O) groups is 3. The first-order chi connectivity index (χ1) is 11.9. The number of thiophene rings is 1. The molecule has 4 atom stereocenters. The number of nitrogens with one attached hydrogen (secondary N) is 1. The molecule has 1 aromatic heterocycles. The summed E-state index contributed by atoms with van der Waals surface area (Å²) in [6.45, 7) is 3.81. The Kier molecular flexibility index (Phi) is 4.94. The van der Waals surface area contributed by atoms with Gasteiger partial charge in [-0.05, 0) is 44.6 Å². The fourth-order valence-corrected chi connectivity index (χ4v) is 4.75. The van der Waals surface area contributed by atoms with E-state index in [9.17, 15) is 19.5 Å². The molecule has 0 unspecified atom stereocenters. The number of rotatable bonds is 5. The lowest BCUT2D eigenvalue weighted by molar-refractivity contribution is -0.151. The maximum Gasteiger partial charge on any atom is 0.341 e. The van der Waals surface area contributed by atoms with Crippen LogP contribution in [0.4, 0.5) is 5.00 Å². The van der Waals surface area contributed by atoms with E-state index in [1.165, 1.54) is 11.3 Å². The Morgan fingerprint density at radius 1 is 1.24 bits per heavy atom. The zero-order valence-electron chi connectivity index (χ0n) is 14.2. The minimum Gasteiger partial charge on any atom is -0.481 e. The molecular weight excluding hydrogens is 342 g/mol. The molecule has 6 nitrogen and oxygen atoms in total. The van der Waals surface area contributed by atoms with Crippen molar-refractivity contribution < 1.29 is 24.2 Å². The van der Waals surface area contributed by atoms with Crippen molar-refractivity contribution in [3.8, 4) is 0 Å². The van der Waals surface area contributed by atoms with Crippen LogP contribution in [0, 0.1) is 30.6 Å². The maximum atomic E-state index is 12.9. The smallest absolute Gasteiger partial charge is 0.341 e. The number of aliphatic carboxylic acids is 1. The van der Waals surface area contributed by atoms with Gasteiger partial charge in [-0.15, -0.1) is 11.3 Å². The summed E-state index contributed by atoms with van der Waals surface area (Å²) in [5.41, 5.74) is 0.320. The van der Waals surface area contributed by atoms with Crippen molar-refractivity contribution >= 4 is 34.2 Å². The normalized spacial score (nSPS) is 27.1. The van der Waals surface area contributed by atoms with Gasteiger partial charge in [0.2, 0.25) is 5.91 Å². The number of fused-ring (bicyclic) bond motifs is 2. The molecule has 0 saturated heterocycles. The average molecular weight is 363 g/mol. The van der Waals surface area contributed by atoms with E-state index in [0.29, 0.717) is 10.6 Å². The number of esters is 1. The third-order valence-corrected chi connectivity index (χ3v) is 5.89. The number of carboxylic acid groups (broad SMARTS) is 1. The first-order valence-corrected chi connectivity index (χ1v) is 9.23. The molecule has 0 aromatic carbocycles. The Morgan fingerprint density at radius 3 is 2.44 bits per heavy atom. The molecule has 2 bridgehead atoms. The second-order valence-electron chi connectivity index (χ2n) is 6.49. The Morgan fingerprint density at radius 2 is 1.88 bits per heavy atom. The second-order valence-corrected chi connectivity index (χ2v) is 7.75. The molecule has 7 heteroatoms. The quantitative estimate of drug-likeness (QED) is 0.619. The molecule has 2 N–H and O–H groups in total. The van der Waals surface area contributed by atoms with Crippen molar-refractivity contribution in [3.63, 3.8) is 0 Å². The molecule has 0 radical (unpaired) electrons. The SMILES string of the molecule is CCOC(=O)c1cc(C)sc1NC(=O)[C@@H]1[C@@H](C(=O)O)[C@H]2C=C[C@H]1CC2. The molecule has 1 saturated carbocycles. The highest BCUT2D eigenvalue weighted by atomic mass is 32.1. The number of allylic oxidation sites excluding steroid dienone is 2. The lowest BCUT2D eigenvalue weighted by Gasteiger charge is -2.41. The monoisotopic (exact) mass is 363 g/mol. The van der Waals surface area contributed by atoms with Crippen LogP contribution in [-0.4, -0.2) is 29.6 Å². The molecule has 3 aliphatic rings. The number of carbonyl (C=O) groups excluding carboxylic acids is 2. The molecule has 1 amide bonds. The van der Waals surface area contributed by atoms with Gasteiger partial charge in [0.15, 0.2) is 0 Å². The summed E-state index contributed by atoms with van der Waals surface area (Å²) in [6, 6.07) is 1.68. The van der Waals surface area contributed by atoms with E-state index in [2.05, 4.69) is 5.32 Å². The fraction of sp³-hybridized carbons (Fsp3) is 0.500. The molecule has 134 valence electrons. The van der Waals surface area contributed by atoms with Crippen LogP contribution in [0.3, 0.4) is 0 Å². The highest BCUT2D eigenvalue weighted by molar-refractivity contribution is 7.16. The van der Waals surface area contributed by atoms with Gasteiger partial charge in [-0.25, -0.2) is 4.79 Å². The number of hydrogen-bond acceptors (Lipinski definition) is 5. The van der Waals surface area contributed by atoms with Crippen molar-refractivity contribution in [1.29, 1.82) is 0 Å². The highest BCUT2D eigenvalue weighted by Crippen LogP contribution is 2.45. The van der Waals surface area contributed by atoms with E-state index in [4.69, 9.17) is 4.74 Å². The van der Waals surface area contributed by atoms with E-state index >= 15 is 0 Å². The lowest BCUT2D eigenvalue weighted by Crippen LogP contribution is -2.47. The van der Waals surface area contributed by atoms with Crippen LogP contribution < -0.4 is 5.32 Å². The van der Waals surface area contributed by atoms with Gasteiger partial charge in [-0.3, -0.25) is 9.59 Å². The molecule has 0 spiro atoms. The predicted octanol–water partition coefficient (Wildman–Crippen LogP) is 3.08. The summed E-state index contributed by atoms with van der Waals surface area (Å²) < 4.78 is 5.03. The summed E-state index contributed by atoms with van der Waals surface area (Å²) in [7, 11) is 0. The molecule has 4 rings (SSSR count). The summed E-state index contributed by atoms with van der Waals surface area (Å²) in [5.74, 6) is -3.26. The van der Waals surface area contributed by atoms with Crippen LogP contribution in [0.15, 0.2) is 18.2 Å². The van der Waals surface area contributed by atoms with E-state index in [1.807, 2.05) is 19.1 Å². The minimum atomic E-state index is -0.938. The summed E-state index contributed by atoms with van der Waals surface area (Å²) in [4.78, 5) is 37.5. The van der Waals surface area contributed by atoms with E-state index in [-0.39, 0.29) is 24.3 Å². The van der Waals surface area contributed by atoms with Crippen molar-refractivity contribution in [2.24, 2.45) is 23.7 Å². The van der Waals surface area contributed by atoms with E-state index in [1.54, 1.807) is 13.0 Å². The zero-order valence-corrected chi connectivity index (χ0v) is 15.0. The summed E-state index contributed by atoms with van der Waals surface area (Å²) >= 11 is 1.29. The first-order valence-electron chi connectivity index (χ1n) is 8.42. The van der Waals surface area contributed by atoms with Gasteiger partial charge < -0.3 is 15.2 Å². The number of carboxylic acids is 1. The van der Waals surface area contributed by atoms with Crippen molar-refractivity contribution in [2.45, 2.75) is 26.7 Å². The second kappa shape index (κ2) is 7.00. The largest absolute Gasteiger partial charge is 0.481 e. The third-order valence-electron chi connectivity index (χ3n) is 4.92. The molecule has 3 aliphatic carbocycles. The molecule has 1 aromatic rings. The van der Waals surface area contributed by atoms with Crippen molar-refractivity contribution in [2.75, 3.05) is 11.9 Å². The summed E-state index contributed by atoms with van der Waals surface area (Å²) in [6.07, 6.45) is 5.51. The third kappa shape index (κ3) is 3.33. The van der Waals surface area contributed by atoms with Gasteiger partial charge in [-0.1, -0.05) is 12.2 Å². The number of ether oxygens (including phenoxy) is 1. The van der Waals surface area contributed by atoms with Gasteiger partial charge >= 0.3 is 11.9 Å². The molecular formula is C18H21NO5S. The predicted molar refractivity (Wildman–Crippen MR) is 93.6 cm³/mol.